The van der Waals surface area contributed by atoms with Crippen LogP contribution in [0.25, 0.3) is 0 Å². The summed E-state index contributed by atoms with van der Waals surface area (Å²) >= 11 is 0. The summed E-state index contributed by atoms with van der Waals surface area (Å²) in [6.07, 6.45) is 11.7. The molecule has 0 aliphatic carbocycles. The Bertz CT molecular complexity index is 860. The molecule has 1 amide bonds. The summed E-state index contributed by atoms with van der Waals surface area (Å²) in [6, 6.07) is 10.1. The number of hydrogen-bond acceptors (Lipinski definition) is 4. The Morgan fingerprint density at radius 1 is 1.00 bits per heavy atom. The molecule has 0 spiro atoms. The molecule has 2 aromatic rings. The number of amides is 1. The minimum absolute atomic E-state index is 0.0430. The number of nitrogens with zero attached hydrogens (tertiary/aromatic N) is 3. The van der Waals surface area contributed by atoms with E-state index in [4.69, 9.17) is 0 Å². The maximum absolute atomic E-state index is 12.9. The molecule has 0 unspecified atom stereocenters. The van der Waals surface area contributed by atoms with E-state index < -0.39 is 0 Å². The van der Waals surface area contributed by atoms with Gasteiger partial charge in [-0.25, -0.2) is 4.98 Å². The summed E-state index contributed by atoms with van der Waals surface area (Å²) in [5.41, 5.74) is 3.69. The number of piperidine rings is 1. The van der Waals surface area contributed by atoms with Crippen molar-refractivity contribution in [2.45, 2.75) is 58.3 Å². The number of carbonyl (C=O) groups excluding carboxylic acids is 1. The van der Waals surface area contributed by atoms with Crippen molar-refractivity contribution < 1.29 is 4.79 Å². The number of likely N-dealkylation sites (tertiary alicyclic amines) is 1. The molecule has 1 saturated heterocycles. The number of pyridine rings is 1. The van der Waals surface area contributed by atoms with Gasteiger partial charge >= 0.3 is 0 Å². The zero-order valence-corrected chi connectivity index (χ0v) is 18.2. The molecule has 4 rings (SSSR count). The van der Waals surface area contributed by atoms with E-state index in [9.17, 15) is 4.79 Å². The second-order valence-corrected chi connectivity index (χ2v) is 8.50. The van der Waals surface area contributed by atoms with E-state index in [1.54, 1.807) is 0 Å². The monoisotopic (exact) mass is 406 g/mol. The molecule has 30 heavy (non-hydrogen) atoms. The number of hydrogen-bond donors (Lipinski definition) is 1. The number of carbonyl (C=O) groups is 1. The van der Waals surface area contributed by atoms with Crippen molar-refractivity contribution in [3.8, 4) is 0 Å². The fraction of sp³-hybridized carbons (Fsp3) is 0.520. The summed E-state index contributed by atoms with van der Waals surface area (Å²) in [5, 5.41) is 3.06. The molecule has 1 aromatic heterocycles. The lowest BCUT2D eigenvalue weighted by Crippen LogP contribution is -2.30. The highest BCUT2D eigenvalue weighted by Gasteiger charge is 2.26. The standard InChI is InChI=1S/C25H34N4O/c1-2-20-12-13-23-21(19-20)25(30)27-22-11-10-14-26-24(22)29(23)18-9-4-3-6-15-28-16-7-5-8-17-28/h10-14,19H,2-9,15-18H2,1H3,(H,27,30). The Morgan fingerprint density at radius 2 is 1.80 bits per heavy atom. The summed E-state index contributed by atoms with van der Waals surface area (Å²) in [7, 11) is 0. The molecule has 0 bridgehead atoms. The first-order chi connectivity index (χ1) is 14.8. The lowest BCUT2D eigenvalue weighted by molar-refractivity contribution is 0.102. The van der Waals surface area contributed by atoms with Crippen LogP contribution >= 0.6 is 0 Å². The quantitative estimate of drug-likeness (QED) is 0.597. The number of anilines is 3. The number of aromatic nitrogens is 1. The highest BCUT2D eigenvalue weighted by Crippen LogP contribution is 2.36. The van der Waals surface area contributed by atoms with Crippen molar-refractivity contribution in [3.05, 3.63) is 47.7 Å². The third-order valence-electron chi connectivity index (χ3n) is 6.35. The molecule has 0 radical (unpaired) electrons. The van der Waals surface area contributed by atoms with Gasteiger partial charge in [-0.15, -0.1) is 0 Å². The van der Waals surface area contributed by atoms with Gasteiger partial charge in [0.05, 0.1) is 16.9 Å². The van der Waals surface area contributed by atoms with Crippen molar-refractivity contribution in [3.63, 3.8) is 0 Å². The summed E-state index contributed by atoms with van der Waals surface area (Å²) < 4.78 is 0. The Labute approximate surface area is 180 Å². The maximum Gasteiger partial charge on any atom is 0.257 e. The largest absolute Gasteiger partial charge is 0.324 e. The number of unbranched alkanes of at least 4 members (excludes halogenated alkanes) is 3. The summed E-state index contributed by atoms with van der Waals surface area (Å²) in [5.74, 6) is 0.806. The van der Waals surface area contributed by atoms with Crippen molar-refractivity contribution >= 4 is 23.1 Å². The lowest BCUT2D eigenvalue weighted by atomic mass is 10.0. The van der Waals surface area contributed by atoms with Crippen LogP contribution < -0.4 is 10.2 Å². The Hall–Kier alpha value is -2.40. The highest BCUT2D eigenvalue weighted by atomic mass is 16.1. The molecule has 1 aromatic carbocycles. The topological polar surface area (TPSA) is 48.5 Å². The SMILES string of the molecule is CCc1ccc2c(c1)C(=O)Nc1cccnc1N2CCCCCCN1CCCCC1. The average Bonchev–Trinajstić information content (AvgIpc) is 2.90. The van der Waals surface area contributed by atoms with Crippen molar-refractivity contribution in [1.82, 2.24) is 9.88 Å². The van der Waals surface area contributed by atoms with Crippen LogP contribution in [0.1, 0.15) is 67.8 Å². The van der Waals surface area contributed by atoms with E-state index in [1.165, 1.54) is 63.7 Å². The van der Waals surface area contributed by atoms with Crippen LogP contribution in [-0.4, -0.2) is 42.0 Å². The normalized spacial score (nSPS) is 16.6. The van der Waals surface area contributed by atoms with Gasteiger partial charge in [0.15, 0.2) is 5.82 Å². The van der Waals surface area contributed by atoms with Gasteiger partial charge in [0, 0.05) is 12.7 Å². The van der Waals surface area contributed by atoms with Crippen molar-refractivity contribution in [2.24, 2.45) is 0 Å². The van der Waals surface area contributed by atoms with E-state index in [2.05, 4.69) is 39.2 Å². The van der Waals surface area contributed by atoms with Crippen LogP contribution in [0, 0.1) is 0 Å². The van der Waals surface area contributed by atoms with Crippen LogP contribution in [0.5, 0.6) is 0 Å². The summed E-state index contributed by atoms with van der Waals surface area (Å²) in [6.45, 7) is 6.81. The van der Waals surface area contributed by atoms with Crippen LogP contribution in [-0.2, 0) is 6.42 Å². The van der Waals surface area contributed by atoms with Gasteiger partial charge in [-0.05, 0) is 81.6 Å². The molecule has 160 valence electrons. The van der Waals surface area contributed by atoms with Gasteiger partial charge in [-0.3, -0.25) is 4.79 Å². The first kappa shape index (κ1) is 20.9. The number of aryl methyl sites for hydroxylation is 1. The van der Waals surface area contributed by atoms with Gasteiger partial charge in [-0.1, -0.05) is 32.3 Å². The molecule has 3 heterocycles. The highest BCUT2D eigenvalue weighted by molar-refractivity contribution is 6.12. The van der Waals surface area contributed by atoms with Crippen LogP contribution in [0.4, 0.5) is 17.2 Å². The molecule has 0 atom stereocenters. The van der Waals surface area contributed by atoms with E-state index >= 15 is 0 Å². The predicted molar refractivity (Wildman–Crippen MR) is 124 cm³/mol. The van der Waals surface area contributed by atoms with Crippen molar-refractivity contribution in [2.75, 3.05) is 36.4 Å². The van der Waals surface area contributed by atoms with Crippen molar-refractivity contribution in [1.29, 1.82) is 0 Å². The van der Waals surface area contributed by atoms with E-state index in [0.29, 0.717) is 0 Å². The molecule has 2 aliphatic rings. The molecule has 0 saturated carbocycles. The van der Waals surface area contributed by atoms with E-state index in [1.807, 2.05) is 24.4 Å². The summed E-state index contributed by atoms with van der Waals surface area (Å²) in [4.78, 5) is 22.3. The number of fused-ring (bicyclic) bond motifs is 2. The molecule has 2 aliphatic heterocycles. The van der Waals surface area contributed by atoms with Gasteiger partial charge in [0.2, 0.25) is 0 Å². The van der Waals surface area contributed by atoms with Gasteiger partial charge < -0.3 is 15.1 Å². The molecular weight excluding hydrogens is 372 g/mol. The van der Waals surface area contributed by atoms with Gasteiger partial charge in [0.25, 0.3) is 5.91 Å². The molecule has 1 N–H and O–H groups in total. The average molecular weight is 407 g/mol. The smallest absolute Gasteiger partial charge is 0.257 e. The third kappa shape index (κ3) is 4.84. The maximum atomic E-state index is 12.9. The second-order valence-electron chi connectivity index (χ2n) is 8.50. The molecular formula is C25H34N4O. The minimum atomic E-state index is -0.0430. The molecule has 1 fully saturated rings. The fourth-order valence-electron chi connectivity index (χ4n) is 4.60. The third-order valence-corrected chi connectivity index (χ3v) is 6.35. The molecule has 5 heteroatoms. The van der Waals surface area contributed by atoms with Crippen LogP contribution in [0.3, 0.4) is 0 Å². The van der Waals surface area contributed by atoms with E-state index in [-0.39, 0.29) is 5.91 Å². The number of benzene rings is 1. The van der Waals surface area contributed by atoms with E-state index in [0.717, 1.165) is 42.1 Å². The Kier molecular flexibility index (Phi) is 7.00. The predicted octanol–water partition coefficient (Wildman–Crippen LogP) is 5.39. The molecule has 5 nitrogen and oxygen atoms in total. The van der Waals surface area contributed by atoms with Crippen LogP contribution in [0.2, 0.25) is 0 Å². The first-order valence-electron chi connectivity index (χ1n) is 11.7. The lowest BCUT2D eigenvalue weighted by Gasteiger charge is -2.26. The minimum Gasteiger partial charge on any atom is -0.324 e. The van der Waals surface area contributed by atoms with Crippen LogP contribution in [0.15, 0.2) is 36.5 Å². The number of nitrogens with one attached hydrogen (secondary N) is 1. The number of rotatable bonds is 8. The van der Waals surface area contributed by atoms with Gasteiger partial charge in [0.1, 0.15) is 0 Å². The zero-order valence-electron chi connectivity index (χ0n) is 18.2. The fourth-order valence-corrected chi connectivity index (χ4v) is 4.60. The Balaban J connectivity index is 1.41. The van der Waals surface area contributed by atoms with Gasteiger partial charge in [-0.2, -0.15) is 0 Å². The Morgan fingerprint density at radius 3 is 2.60 bits per heavy atom. The second kappa shape index (κ2) is 10.1. The zero-order chi connectivity index (χ0) is 20.8. The first-order valence-corrected chi connectivity index (χ1v) is 11.7.